The van der Waals surface area contributed by atoms with Gasteiger partial charge in [-0.25, -0.2) is 0 Å². The molecular formula is C9H7ClINO3. The van der Waals surface area contributed by atoms with E-state index in [2.05, 4.69) is 0 Å². The van der Waals surface area contributed by atoms with Crippen molar-refractivity contribution in [3.05, 3.63) is 36.9 Å². The van der Waals surface area contributed by atoms with Crippen LogP contribution in [0, 0.1) is 20.6 Å². The number of alkyl halides is 1. The van der Waals surface area contributed by atoms with Crippen LogP contribution in [0.25, 0.3) is 0 Å². The van der Waals surface area contributed by atoms with Gasteiger partial charge in [0.1, 0.15) is 0 Å². The summed E-state index contributed by atoms with van der Waals surface area (Å²) in [6, 6.07) is 3.11. The summed E-state index contributed by atoms with van der Waals surface area (Å²) < 4.78 is 0.515. The maximum absolute atomic E-state index is 11.4. The fourth-order valence-electron chi connectivity index (χ4n) is 1.27. The number of rotatable bonds is 3. The fraction of sp³-hybridized carbons (Fsp3) is 0.222. The highest BCUT2D eigenvalue weighted by Gasteiger charge is 2.21. The van der Waals surface area contributed by atoms with Crippen LogP contribution in [0.1, 0.15) is 15.9 Å². The smallest absolute Gasteiger partial charge is 0.286 e. The van der Waals surface area contributed by atoms with Gasteiger partial charge in [-0.3, -0.25) is 14.9 Å². The molecule has 1 aromatic carbocycles. The Morgan fingerprint density at radius 2 is 2.20 bits per heavy atom. The Balaban J connectivity index is 3.41. The molecular weight excluding hydrogens is 332 g/mol. The predicted molar refractivity (Wildman–Crippen MR) is 65.6 cm³/mol. The van der Waals surface area contributed by atoms with Crippen LogP contribution in [0.5, 0.6) is 0 Å². The first-order valence-corrected chi connectivity index (χ1v) is 5.63. The van der Waals surface area contributed by atoms with Gasteiger partial charge in [0.15, 0.2) is 5.78 Å². The number of Topliss-reactive ketones (excluding diaryl/α,β-unsaturated/α-hetero) is 1. The minimum absolute atomic E-state index is 0.0217. The van der Waals surface area contributed by atoms with Gasteiger partial charge in [-0.2, -0.15) is 0 Å². The topological polar surface area (TPSA) is 60.2 Å². The van der Waals surface area contributed by atoms with E-state index in [1.54, 1.807) is 19.1 Å². The second-order valence-electron chi connectivity index (χ2n) is 2.88. The molecule has 1 aromatic rings. The van der Waals surface area contributed by atoms with E-state index in [0.717, 1.165) is 0 Å². The molecule has 0 fully saturated rings. The first-order valence-electron chi connectivity index (χ1n) is 4.01. The molecule has 0 atom stereocenters. The number of hydrogen-bond donors (Lipinski definition) is 0. The Morgan fingerprint density at radius 1 is 1.60 bits per heavy atom. The number of nitro benzene ring substituents is 1. The van der Waals surface area contributed by atoms with E-state index in [0.29, 0.717) is 14.7 Å². The molecule has 0 unspecified atom stereocenters. The molecule has 0 saturated carbocycles. The lowest BCUT2D eigenvalue weighted by molar-refractivity contribution is -0.386. The zero-order valence-corrected chi connectivity index (χ0v) is 10.7. The van der Waals surface area contributed by atoms with Crippen molar-refractivity contribution < 1.29 is 9.72 Å². The Morgan fingerprint density at radius 3 is 2.67 bits per heavy atom. The molecule has 15 heavy (non-hydrogen) atoms. The standard InChI is InChI=1S/C9H7ClINO3/c1-5-6(8(13)4-10)2-3-7(11)9(5)12(14)15/h2-3H,4H2,1H3. The number of nitrogens with zero attached hydrogens (tertiary/aromatic N) is 1. The maximum atomic E-state index is 11.4. The summed E-state index contributed by atoms with van der Waals surface area (Å²) in [4.78, 5) is 21.6. The van der Waals surface area contributed by atoms with Crippen molar-refractivity contribution in [1.29, 1.82) is 0 Å². The normalized spacial score (nSPS) is 10.1. The lowest BCUT2D eigenvalue weighted by Gasteiger charge is -2.04. The third-order valence-corrected chi connectivity index (χ3v) is 3.10. The molecule has 0 N–H and O–H groups in total. The van der Waals surface area contributed by atoms with Crippen LogP contribution in [0.4, 0.5) is 5.69 Å². The highest BCUT2D eigenvalue weighted by atomic mass is 127. The third-order valence-electron chi connectivity index (χ3n) is 1.99. The van der Waals surface area contributed by atoms with Gasteiger partial charge in [0.2, 0.25) is 0 Å². The summed E-state index contributed by atoms with van der Waals surface area (Å²) in [6.07, 6.45) is 0. The largest absolute Gasteiger partial charge is 0.293 e. The van der Waals surface area contributed by atoms with Crippen molar-refractivity contribution in [2.45, 2.75) is 6.92 Å². The van der Waals surface area contributed by atoms with Gasteiger partial charge >= 0.3 is 0 Å². The molecule has 6 heteroatoms. The van der Waals surface area contributed by atoms with Crippen LogP contribution in [0.3, 0.4) is 0 Å². The molecule has 4 nitrogen and oxygen atoms in total. The number of ketones is 1. The molecule has 0 aliphatic rings. The van der Waals surface area contributed by atoms with Crippen molar-refractivity contribution in [2.24, 2.45) is 0 Å². The zero-order valence-electron chi connectivity index (χ0n) is 7.79. The van der Waals surface area contributed by atoms with Gasteiger partial charge < -0.3 is 0 Å². The average Bonchev–Trinajstić information content (AvgIpc) is 2.16. The van der Waals surface area contributed by atoms with E-state index in [9.17, 15) is 14.9 Å². The lowest BCUT2D eigenvalue weighted by Crippen LogP contribution is -2.06. The van der Waals surface area contributed by atoms with E-state index in [-0.39, 0.29) is 17.4 Å². The first-order chi connectivity index (χ1) is 6.99. The molecule has 0 bridgehead atoms. The van der Waals surface area contributed by atoms with Crippen LogP contribution in [-0.2, 0) is 0 Å². The Kier molecular flexibility index (Phi) is 4.04. The van der Waals surface area contributed by atoms with Gasteiger partial charge in [0.25, 0.3) is 5.69 Å². The molecule has 1 rings (SSSR count). The Hall–Kier alpha value is -0.690. The van der Waals surface area contributed by atoms with Gasteiger partial charge in [0.05, 0.1) is 14.4 Å². The summed E-state index contributed by atoms with van der Waals surface area (Å²) in [5.74, 6) is -0.466. The second-order valence-corrected chi connectivity index (χ2v) is 4.31. The second kappa shape index (κ2) is 4.89. The molecule has 0 aromatic heterocycles. The van der Waals surface area contributed by atoms with Gasteiger partial charge in [-0.1, -0.05) is 0 Å². The number of nitro groups is 1. The monoisotopic (exact) mass is 339 g/mol. The van der Waals surface area contributed by atoms with E-state index in [4.69, 9.17) is 11.6 Å². The van der Waals surface area contributed by atoms with Crippen LogP contribution in [0.2, 0.25) is 0 Å². The van der Waals surface area contributed by atoms with Crippen LogP contribution in [0.15, 0.2) is 12.1 Å². The maximum Gasteiger partial charge on any atom is 0.286 e. The van der Waals surface area contributed by atoms with E-state index in [1.165, 1.54) is 0 Å². The van der Waals surface area contributed by atoms with Crippen LogP contribution < -0.4 is 0 Å². The summed E-state index contributed by atoms with van der Waals surface area (Å²) in [5, 5.41) is 10.8. The number of benzene rings is 1. The number of carbonyl (C=O) groups excluding carboxylic acids is 1. The molecule has 0 heterocycles. The van der Waals surface area contributed by atoms with E-state index < -0.39 is 4.92 Å². The van der Waals surface area contributed by atoms with Crippen molar-refractivity contribution in [3.63, 3.8) is 0 Å². The van der Waals surface area contributed by atoms with Crippen molar-refractivity contribution in [2.75, 3.05) is 5.88 Å². The zero-order chi connectivity index (χ0) is 11.6. The van der Waals surface area contributed by atoms with Gasteiger partial charge in [-0.15, -0.1) is 11.6 Å². The van der Waals surface area contributed by atoms with E-state index >= 15 is 0 Å². The summed E-state index contributed by atoms with van der Waals surface area (Å²) >= 11 is 7.28. The van der Waals surface area contributed by atoms with Crippen LogP contribution in [-0.4, -0.2) is 16.6 Å². The average molecular weight is 340 g/mol. The van der Waals surface area contributed by atoms with Crippen molar-refractivity contribution >= 4 is 45.7 Å². The summed E-state index contributed by atoms with van der Waals surface area (Å²) in [7, 11) is 0. The lowest BCUT2D eigenvalue weighted by atomic mass is 10.0. The molecule has 0 amide bonds. The summed E-state index contributed by atoms with van der Waals surface area (Å²) in [6.45, 7) is 1.56. The first kappa shape index (κ1) is 12.4. The third kappa shape index (κ3) is 2.46. The minimum Gasteiger partial charge on any atom is -0.293 e. The molecule has 0 aliphatic carbocycles. The quantitative estimate of drug-likeness (QED) is 0.280. The molecule has 0 spiro atoms. The van der Waals surface area contributed by atoms with Crippen molar-refractivity contribution in [1.82, 2.24) is 0 Å². The number of halogens is 2. The molecule has 0 aliphatic heterocycles. The fourth-order valence-corrected chi connectivity index (χ4v) is 2.19. The van der Waals surface area contributed by atoms with Gasteiger partial charge in [0, 0.05) is 11.1 Å². The highest BCUT2D eigenvalue weighted by Crippen LogP contribution is 2.27. The van der Waals surface area contributed by atoms with Gasteiger partial charge in [-0.05, 0) is 41.6 Å². The Bertz CT molecular complexity index is 434. The summed E-state index contributed by atoms with van der Waals surface area (Å²) in [5.41, 5.74) is 0.668. The van der Waals surface area contributed by atoms with Crippen molar-refractivity contribution in [3.8, 4) is 0 Å². The Labute approximate surface area is 105 Å². The number of hydrogen-bond acceptors (Lipinski definition) is 3. The van der Waals surface area contributed by atoms with Crippen LogP contribution >= 0.6 is 34.2 Å². The predicted octanol–water partition coefficient (Wildman–Crippen LogP) is 2.93. The molecule has 80 valence electrons. The minimum atomic E-state index is -0.484. The highest BCUT2D eigenvalue weighted by molar-refractivity contribution is 14.1. The molecule has 0 radical (unpaired) electrons. The van der Waals surface area contributed by atoms with E-state index in [1.807, 2.05) is 22.6 Å². The molecule has 0 saturated heterocycles. The number of carbonyl (C=O) groups is 1. The SMILES string of the molecule is Cc1c(C(=O)CCl)ccc(I)c1[N+](=O)[O-].